The fourth-order valence-corrected chi connectivity index (χ4v) is 7.83. The Labute approximate surface area is 147 Å². The van der Waals surface area contributed by atoms with Gasteiger partial charge in [0.05, 0.1) is 24.5 Å². The number of aliphatic hydroxyl groups is 1. The molecule has 1 N–H and O–H groups in total. The van der Waals surface area contributed by atoms with Crippen molar-refractivity contribution in [3.05, 3.63) is 12.2 Å². The largest absolute Gasteiger partial charge is 0.469 e. The zero-order valence-corrected chi connectivity index (χ0v) is 14.9. The third-order valence-electron chi connectivity index (χ3n) is 8.62. The third kappa shape index (κ3) is 1.45. The molecule has 0 radical (unpaired) electrons. The van der Waals surface area contributed by atoms with E-state index in [0.717, 1.165) is 44.1 Å². The molecule has 0 aromatic heterocycles. The quantitative estimate of drug-likeness (QED) is 0.582. The molecule has 5 rings (SSSR count). The Morgan fingerprint density at radius 1 is 1.36 bits per heavy atom. The minimum atomic E-state index is -0.711. The van der Waals surface area contributed by atoms with Crippen molar-refractivity contribution in [1.82, 2.24) is 0 Å². The lowest BCUT2D eigenvalue weighted by Gasteiger charge is -2.44. The first-order valence-corrected chi connectivity index (χ1v) is 9.51. The summed E-state index contributed by atoms with van der Waals surface area (Å²) in [6, 6.07) is 0. The van der Waals surface area contributed by atoms with Gasteiger partial charge in [0.15, 0.2) is 0 Å². The van der Waals surface area contributed by atoms with Gasteiger partial charge in [-0.1, -0.05) is 6.58 Å². The monoisotopic (exact) mass is 346 g/mol. The van der Waals surface area contributed by atoms with E-state index in [0.29, 0.717) is 0 Å². The molecule has 5 aliphatic rings. The first-order chi connectivity index (χ1) is 11.8. The fraction of sp³-hybridized carbons (Fsp3) is 0.800. The van der Waals surface area contributed by atoms with Gasteiger partial charge < -0.3 is 14.6 Å². The topological polar surface area (TPSA) is 72.8 Å². The SMILES string of the molecule is C=C1[C@@H]2CC[C@H]3[C@@]45CCC[C@](C)(C(=O)O4)[C@H]5[C@H](C(=O)OC)[C@]3(C2)[C@@H]1O. The molecule has 0 unspecified atom stereocenters. The number of methoxy groups -OCH3 is 1. The lowest BCUT2D eigenvalue weighted by atomic mass is 9.60. The fourth-order valence-electron chi connectivity index (χ4n) is 7.83. The highest BCUT2D eigenvalue weighted by atomic mass is 16.6. The lowest BCUT2D eigenvalue weighted by molar-refractivity contribution is -0.165. The van der Waals surface area contributed by atoms with E-state index in [9.17, 15) is 14.7 Å². The van der Waals surface area contributed by atoms with Crippen LogP contribution in [0, 0.1) is 34.5 Å². The van der Waals surface area contributed by atoms with Gasteiger partial charge in [0, 0.05) is 17.3 Å². The third-order valence-corrected chi connectivity index (χ3v) is 8.62. The Kier molecular flexibility index (Phi) is 2.84. The highest BCUT2D eigenvalue weighted by molar-refractivity contribution is 5.85. The van der Waals surface area contributed by atoms with Crippen LogP contribution in [0.5, 0.6) is 0 Å². The molecule has 1 spiro atoms. The van der Waals surface area contributed by atoms with Crippen LogP contribution in [0.3, 0.4) is 0 Å². The van der Waals surface area contributed by atoms with Gasteiger partial charge >= 0.3 is 11.9 Å². The number of fused-ring (bicyclic) bond motifs is 1. The number of carbonyl (C=O) groups excluding carboxylic acids is 2. The molecular weight excluding hydrogens is 320 g/mol. The van der Waals surface area contributed by atoms with E-state index in [4.69, 9.17) is 9.47 Å². The second-order valence-corrected chi connectivity index (χ2v) is 9.21. The molecule has 5 heteroatoms. The molecule has 0 aromatic carbocycles. The molecular formula is C20H26O5. The molecule has 8 atom stereocenters. The van der Waals surface area contributed by atoms with E-state index < -0.39 is 28.5 Å². The van der Waals surface area contributed by atoms with Crippen LogP contribution in [0.25, 0.3) is 0 Å². The van der Waals surface area contributed by atoms with Crippen LogP contribution >= 0.6 is 0 Å². The highest BCUT2D eigenvalue weighted by Gasteiger charge is 2.83. The number of rotatable bonds is 1. The first kappa shape index (κ1) is 15.9. The Balaban J connectivity index is 1.77. The van der Waals surface area contributed by atoms with E-state index in [1.54, 1.807) is 0 Å². The highest BCUT2D eigenvalue weighted by Crippen LogP contribution is 2.77. The Hall–Kier alpha value is -1.36. The van der Waals surface area contributed by atoms with Crippen molar-refractivity contribution >= 4 is 11.9 Å². The molecule has 4 aliphatic carbocycles. The average Bonchev–Trinajstić information content (AvgIpc) is 3.01. The summed E-state index contributed by atoms with van der Waals surface area (Å²) < 4.78 is 11.4. The molecule has 0 aromatic rings. The second kappa shape index (κ2) is 4.48. The van der Waals surface area contributed by atoms with Gasteiger partial charge in [0.2, 0.25) is 0 Å². The molecule has 1 heterocycles. The number of ether oxygens (including phenoxy) is 2. The maximum atomic E-state index is 13.0. The van der Waals surface area contributed by atoms with E-state index in [-0.39, 0.29) is 29.7 Å². The van der Waals surface area contributed by atoms with Gasteiger partial charge in [-0.05, 0) is 56.9 Å². The molecule has 1 saturated heterocycles. The molecule has 1 aliphatic heterocycles. The minimum Gasteiger partial charge on any atom is -0.469 e. The maximum Gasteiger partial charge on any atom is 0.312 e. The predicted molar refractivity (Wildman–Crippen MR) is 88.2 cm³/mol. The van der Waals surface area contributed by atoms with Crippen molar-refractivity contribution in [2.24, 2.45) is 34.5 Å². The first-order valence-electron chi connectivity index (χ1n) is 9.51. The number of carbonyl (C=O) groups is 2. The van der Waals surface area contributed by atoms with Gasteiger partial charge in [-0.3, -0.25) is 9.59 Å². The molecule has 25 heavy (non-hydrogen) atoms. The Morgan fingerprint density at radius 3 is 2.84 bits per heavy atom. The molecule has 0 amide bonds. The molecule has 4 saturated carbocycles. The summed E-state index contributed by atoms with van der Waals surface area (Å²) in [6.45, 7) is 6.11. The molecule has 4 bridgehead atoms. The summed E-state index contributed by atoms with van der Waals surface area (Å²) in [5, 5.41) is 11.2. The summed E-state index contributed by atoms with van der Waals surface area (Å²) in [5.74, 6) is -0.859. The van der Waals surface area contributed by atoms with Gasteiger partial charge in [-0.2, -0.15) is 0 Å². The van der Waals surface area contributed by atoms with Crippen molar-refractivity contribution in [3.63, 3.8) is 0 Å². The van der Waals surface area contributed by atoms with Crippen molar-refractivity contribution in [1.29, 1.82) is 0 Å². The summed E-state index contributed by atoms with van der Waals surface area (Å²) in [4.78, 5) is 25.8. The van der Waals surface area contributed by atoms with Crippen LogP contribution in [0.4, 0.5) is 0 Å². The summed E-state index contributed by atoms with van der Waals surface area (Å²) in [7, 11) is 1.41. The second-order valence-electron chi connectivity index (χ2n) is 9.21. The maximum absolute atomic E-state index is 13.0. The normalized spacial score (nSPS) is 55.6. The molecule has 5 fully saturated rings. The molecule has 5 nitrogen and oxygen atoms in total. The van der Waals surface area contributed by atoms with Crippen LogP contribution < -0.4 is 0 Å². The Bertz CT molecular complexity index is 700. The number of hydrogen-bond donors (Lipinski definition) is 1. The van der Waals surface area contributed by atoms with Crippen molar-refractivity contribution in [2.75, 3.05) is 7.11 Å². The van der Waals surface area contributed by atoms with E-state index in [2.05, 4.69) is 6.58 Å². The van der Waals surface area contributed by atoms with E-state index in [1.807, 2.05) is 6.92 Å². The van der Waals surface area contributed by atoms with E-state index >= 15 is 0 Å². The van der Waals surface area contributed by atoms with Crippen LogP contribution in [0.1, 0.15) is 45.4 Å². The van der Waals surface area contributed by atoms with Crippen LogP contribution in [0.15, 0.2) is 12.2 Å². The van der Waals surface area contributed by atoms with Crippen molar-refractivity contribution in [3.8, 4) is 0 Å². The Morgan fingerprint density at radius 2 is 2.12 bits per heavy atom. The summed E-state index contributed by atoms with van der Waals surface area (Å²) in [5.41, 5.74) is -0.981. The van der Waals surface area contributed by atoms with Gasteiger partial charge in [-0.25, -0.2) is 0 Å². The predicted octanol–water partition coefficient (Wildman–Crippen LogP) is 2.22. The minimum absolute atomic E-state index is 0.0191. The lowest BCUT2D eigenvalue weighted by Crippen LogP contribution is -2.48. The van der Waals surface area contributed by atoms with Gasteiger partial charge in [0.1, 0.15) is 5.60 Å². The zero-order valence-electron chi connectivity index (χ0n) is 14.9. The van der Waals surface area contributed by atoms with Crippen molar-refractivity contribution in [2.45, 2.75) is 57.2 Å². The smallest absolute Gasteiger partial charge is 0.312 e. The van der Waals surface area contributed by atoms with Gasteiger partial charge in [-0.15, -0.1) is 0 Å². The summed E-state index contributed by atoms with van der Waals surface area (Å²) in [6.07, 6.45) is 4.37. The van der Waals surface area contributed by atoms with Crippen LogP contribution in [0.2, 0.25) is 0 Å². The molecule has 136 valence electrons. The van der Waals surface area contributed by atoms with Crippen LogP contribution in [-0.2, 0) is 19.1 Å². The standard InChI is InChI=1S/C20H26O5/c1-10-11-5-6-12-19(9-11,15(10)21)13(16(22)24-3)14-18(2)7-4-8-20(12,14)25-17(18)23/h11-15,21H,1,4-9H2,2-3H3/t11-,12-,13-,14-,15-,18+,19-,20-/m1/s1. The average molecular weight is 346 g/mol. The zero-order chi connectivity index (χ0) is 17.8. The van der Waals surface area contributed by atoms with E-state index in [1.165, 1.54) is 7.11 Å². The van der Waals surface area contributed by atoms with Gasteiger partial charge in [0.25, 0.3) is 0 Å². The number of esters is 2. The number of hydrogen-bond acceptors (Lipinski definition) is 5. The summed E-state index contributed by atoms with van der Waals surface area (Å²) >= 11 is 0. The van der Waals surface area contributed by atoms with Crippen LogP contribution in [-0.4, -0.2) is 35.9 Å². The number of aliphatic hydroxyl groups excluding tert-OH is 1. The van der Waals surface area contributed by atoms with Crippen molar-refractivity contribution < 1.29 is 24.2 Å².